The van der Waals surface area contributed by atoms with E-state index in [-0.39, 0.29) is 12.1 Å². The van der Waals surface area contributed by atoms with E-state index in [1.54, 1.807) is 13.4 Å². The highest BCUT2D eigenvalue weighted by Crippen LogP contribution is 2.50. The summed E-state index contributed by atoms with van der Waals surface area (Å²) in [5, 5.41) is 8.12. The molecular formula is C26H22N4O2. The molecule has 0 saturated heterocycles. The third-order valence-corrected chi connectivity index (χ3v) is 6.08. The minimum absolute atomic E-state index is 0.158. The van der Waals surface area contributed by atoms with Crippen LogP contribution in [0.5, 0.6) is 11.5 Å². The van der Waals surface area contributed by atoms with Crippen LogP contribution in [0.2, 0.25) is 0 Å². The second kappa shape index (κ2) is 7.27. The number of nitrogens with zero attached hydrogens (tertiary/aromatic N) is 3. The molecule has 0 radical (unpaired) electrons. The third kappa shape index (κ3) is 2.87. The molecule has 2 atom stereocenters. The maximum Gasteiger partial charge on any atom is 0.226 e. The highest BCUT2D eigenvalue weighted by atomic mass is 16.5. The number of aryl methyl sites for hydroxylation is 1. The molecule has 158 valence electrons. The Morgan fingerprint density at radius 3 is 2.66 bits per heavy atom. The first-order valence-electron chi connectivity index (χ1n) is 10.6. The summed E-state index contributed by atoms with van der Waals surface area (Å²) in [6, 6.07) is 24.6. The van der Waals surface area contributed by atoms with Crippen molar-refractivity contribution in [3.63, 3.8) is 0 Å². The Labute approximate surface area is 186 Å². The molecule has 1 aromatic heterocycles. The van der Waals surface area contributed by atoms with Crippen LogP contribution in [0.25, 0.3) is 5.70 Å². The molecule has 6 heteroatoms. The van der Waals surface area contributed by atoms with Gasteiger partial charge in [-0.2, -0.15) is 10.1 Å². The highest BCUT2D eigenvalue weighted by molar-refractivity contribution is 5.85. The first-order valence-corrected chi connectivity index (χ1v) is 10.6. The number of nitrogens with one attached hydrogen (secondary N) is 1. The van der Waals surface area contributed by atoms with Crippen molar-refractivity contribution in [1.29, 1.82) is 0 Å². The van der Waals surface area contributed by atoms with E-state index in [2.05, 4.69) is 64.8 Å². The molecule has 2 aliphatic rings. The molecular weight excluding hydrogens is 400 g/mol. The van der Waals surface area contributed by atoms with Crippen LogP contribution in [-0.4, -0.2) is 21.9 Å². The molecule has 2 aliphatic heterocycles. The van der Waals surface area contributed by atoms with Gasteiger partial charge in [-0.15, -0.1) is 0 Å². The zero-order chi connectivity index (χ0) is 21.7. The summed E-state index contributed by atoms with van der Waals surface area (Å²) >= 11 is 0. The van der Waals surface area contributed by atoms with Crippen LogP contribution in [-0.2, 0) is 0 Å². The molecule has 6 rings (SSSR count). The number of aromatic nitrogens is 3. The largest absolute Gasteiger partial charge is 0.497 e. The van der Waals surface area contributed by atoms with Gasteiger partial charge in [-0.3, -0.25) is 0 Å². The Hall–Kier alpha value is -4.06. The normalized spacial score (nSPS) is 18.7. The summed E-state index contributed by atoms with van der Waals surface area (Å²) in [5.74, 6) is 2.36. The lowest BCUT2D eigenvalue weighted by Gasteiger charge is -2.39. The third-order valence-electron chi connectivity index (χ3n) is 6.08. The van der Waals surface area contributed by atoms with Crippen molar-refractivity contribution >= 4 is 11.6 Å². The van der Waals surface area contributed by atoms with E-state index in [4.69, 9.17) is 9.47 Å². The monoisotopic (exact) mass is 422 g/mol. The van der Waals surface area contributed by atoms with E-state index >= 15 is 0 Å². The lowest BCUT2D eigenvalue weighted by molar-refractivity contribution is 0.222. The summed E-state index contributed by atoms with van der Waals surface area (Å²) in [7, 11) is 1.68. The molecule has 0 bridgehead atoms. The van der Waals surface area contributed by atoms with Gasteiger partial charge in [-0.25, -0.2) is 4.68 Å². The summed E-state index contributed by atoms with van der Waals surface area (Å²) in [6.45, 7) is 2.09. The lowest BCUT2D eigenvalue weighted by atomic mass is 9.84. The van der Waals surface area contributed by atoms with Gasteiger partial charge in [0.05, 0.1) is 12.8 Å². The molecule has 32 heavy (non-hydrogen) atoms. The van der Waals surface area contributed by atoms with Crippen molar-refractivity contribution in [2.24, 2.45) is 0 Å². The van der Waals surface area contributed by atoms with Gasteiger partial charge < -0.3 is 14.8 Å². The van der Waals surface area contributed by atoms with E-state index in [0.717, 1.165) is 45.4 Å². The van der Waals surface area contributed by atoms with Gasteiger partial charge >= 0.3 is 0 Å². The molecule has 0 amide bonds. The van der Waals surface area contributed by atoms with Crippen LogP contribution in [0.3, 0.4) is 0 Å². The first kappa shape index (κ1) is 18.7. The topological polar surface area (TPSA) is 61.2 Å². The van der Waals surface area contributed by atoms with Crippen LogP contribution < -0.4 is 14.8 Å². The Morgan fingerprint density at radius 2 is 1.81 bits per heavy atom. The molecule has 0 spiro atoms. The van der Waals surface area contributed by atoms with E-state index in [1.165, 1.54) is 5.56 Å². The Balaban J connectivity index is 1.63. The molecule has 1 N–H and O–H groups in total. The predicted molar refractivity (Wildman–Crippen MR) is 123 cm³/mol. The predicted octanol–water partition coefficient (Wildman–Crippen LogP) is 5.16. The average molecular weight is 422 g/mol. The zero-order valence-electron chi connectivity index (χ0n) is 17.8. The average Bonchev–Trinajstić information content (AvgIpc) is 3.31. The number of hydrogen-bond donors (Lipinski definition) is 1. The summed E-state index contributed by atoms with van der Waals surface area (Å²) in [5.41, 5.74) is 6.48. The van der Waals surface area contributed by atoms with Crippen LogP contribution >= 0.6 is 0 Å². The second-order valence-corrected chi connectivity index (χ2v) is 8.07. The SMILES string of the molecule is COc1cccc([C@H]2Oc3ccc(C)cc3C3=C2[C@@H](c2ccccc2)n2ncnc2N3)c1. The van der Waals surface area contributed by atoms with Crippen LogP contribution in [0.15, 0.2) is 84.7 Å². The Morgan fingerprint density at radius 1 is 0.969 bits per heavy atom. The van der Waals surface area contributed by atoms with Crippen molar-refractivity contribution in [2.45, 2.75) is 19.1 Å². The number of rotatable bonds is 3. The van der Waals surface area contributed by atoms with Crippen LogP contribution in [0.1, 0.15) is 34.4 Å². The summed E-state index contributed by atoms with van der Waals surface area (Å²) < 4.78 is 14.1. The number of hydrogen-bond acceptors (Lipinski definition) is 5. The number of anilines is 1. The molecule has 6 nitrogen and oxygen atoms in total. The maximum atomic E-state index is 6.67. The quantitative estimate of drug-likeness (QED) is 0.494. The van der Waals surface area contributed by atoms with E-state index in [9.17, 15) is 0 Å². The fourth-order valence-corrected chi connectivity index (χ4v) is 4.62. The van der Waals surface area contributed by atoms with Gasteiger partial charge in [0.2, 0.25) is 5.95 Å². The van der Waals surface area contributed by atoms with E-state index in [1.807, 2.05) is 35.0 Å². The fourth-order valence-electron chi connectivity index (χ4n) is 4.62. The molecule has 0 saturated carbocycles. The summed E-state index contributed by atoms with van der Waals surface area (Å²) in [6.07, 6.45) is 1.28. The van der Waals surface area contributed by atoms with Crippen molar-refractivity contribution in [3.8, 4) is 11.5 Å². The van der Waals surface area contributed by atoms with Gasteiger partial charge in [0.1, 0.15) is 30.0 Å². The highest BCUT2D eigenvalue weighted by Gasteiger charge is 2.41. The van der Waals surface area contributed by atoms with Crippen molar-refractivity contribution in [3.05, 3.63) is 107 Å². The van der Waals surface area contributed by atoms with E-state index < -0.39 is 0 Å². The van der Waals surface area contributed by atoms with Crippen molar-refractivity contribution < 1.29 is 9.47 Å². The van der Waals surface area contributed by atoms with Crippen LogP contribution in [0, 0.1) is 6.92 Å². The lowest BCUT2D eigenvalue weighted by Crippen LogP contribution is -2.32. The number of fused-ring (bicyclic) bond motifs is 3. The minimum atomic E-state index is -0.314. The maximum absolute atomic E-state index is 6.67. The second-order valence-electron chi connectivity index (χ2n) is 8.07. The van der Waals surface area contributed by atoms with Crippen LogP contribution in [0.4, 0.5) is 5.95 Å². The van der Waals surface area contributed by atoms with Gasteiger partial charge in [0, 0.05) is 16.7 Å². The van der Waals surface area contributed by atoms with Crippen molar-refractivity contribution in [1.82, 2.24) is 14.8 Å². The Kier molecular flexibility index (Phi) is 4.24. The van der Waals surface area contributed by atoms with Gasteiger partial charge in [0.25, 0.3) is 0 Å². The van der Waals surface area contributed by atoms with Gasteiger partial charge in [0.15, 0.2) is 0 Å². The number of ether oxygens (including phenoxy) is 2. The minimum Gasteiger partial charge on any atom is -0.497 e. The summed E-state index contributed by atoms with van der Waals surface area (Å²) in [4.78, 5) is 4.49. The number of methoxy groups -OCH3 is 1. The molecule has 3 heterocycles. The molecule has 0 unspecified atom stereocenters. The molecule has 0 fully saturated rings. The standard InChI is InChI=1S/C26H22N4O2/c1-16-11-12-21-20(13-16)23-22(25(32-21)18-9-6-10-19(14-18)31-2)24(17-7-4-3-5-8-17)30-26(29-23)27-15-28-30/h3-15,24-25H,1-2H3,(H,27,28,29)/t24-,25-/m1/s1. The first-order chi connectivity index (χ1) is 15.7. The Bertz CT molecular complexity index is 1340. The fraction of sp³-hybridized carbons (Fsp3) is 0.154. The van der Waals surface area contributed by atoms with E-state index in [0.29, 0.717) is 0 Å². The van der Waals surface area contributed by atoms with Gasteiger partial charge in [-0.05, 0) is 36.8 Å². The number of benzene rings is 3. The molecule has 3 aromatic carbocycles. The molecule has 0 aliphatic carbocycles. The smallest absolute Gasteiger partial charge is 0.226 e. The zero-order valence-corrected chi connectivity index (χ0v) is 17.8. The van der Waals surface area contributed by atoms with Gasteiger partial charge in [-0.1, -0.05) is 54.1 Å². The van der Waals surface area contributed by atoms with Crippen molar-refractivity contribution in [2.75, 3.05) is 12.4 Å². The molecule has 4 aromatic rings.